The van der Waals surface area contributed by atoms with Gasteiger partial charge < -0.3 is 29.3 Å². The summed E-state index contributed by atoms with van der Waals surface area (Å²) in [4.78, 5) is 80.2. The molecule has 3 saturated heterocycles. The minimum Gasteiger partial charge on any atom is -0.447 e. The number of halogens is 4. The van der Waals surface area contributed by atoms with Crippen LogP contribution in [-0.4, -0.2) is 116 Å². The van der Waals surface area contributed by atoms with Crippen LogP contribution in [-0.2, 0) is 38.3 Å². The summed E-state index contributed by atoms with van der Waals surface area (Å²) in [7, 11) is 0. The highest BCUT2D eigenvalue weighted by molar-refractivity contribution is 7.13. The molecule has 1 aromatic carbocycles. The monoisotopic (exact) mass is 761 g/mol. The van der Waals surface area contributed by atoms with Gasteiger partial charge in [-0.2, -0.15) is 22.7 Å². The minimum absolute atomic E-state index is 0.0255. The number of carbonyl (C=O) groups is 4. The van der Waals surface area contributed by atoms with E-state index in [-0.39, 0.29) is 73.9 Å². The highest BCUT2D eigenvalue weighted by Gasteiger charge is 2.39. The third-order valence-electron chi connectivity index (χ3n) is 9.15. The first-order valence-corrected chi connectivity index (χ1v) is 17.3. The quantitative estimate of drug-likeness (QED) is 0.207. The highest BCUT2D eigenvalue weighted by Crippen LogP contribution is 2.31. The van der Waals surface area contributed by atoms with Crippen molar-refractivity contribution >= 4 is 63.4 Å². The summed E-state index contributed by atoms with van der Waals surface area (Å²) in [5.41, 5.74) is -1.76. The van der Waals surface area contributed by atoms with Gasteiger partial charge in [0.25, 0.3) is 5.56 Å². The van der Waals surface area contributed by atoms with Crippen LogP contribution in [0.15, 0.2) is 34.6 Å². The summed E-state index contributed by atoms with van der Waals surface area (Å²) >= 11 is 1.16. The van der Waals surface area contributed by atoms with Crippen molar-refractivity contribution in [3.8, 4) is 0 Å². The van der Waals surface area contributed by atoms with Crippen LogP contribution in [0.2, 0.25) is 0 Å². The first kappa shape index (κ1) is 35.6. The number of benzene rings is 1. The van der Waals surface area contributed by atoms with Crippen molar-refractivity contribution in [2.24, 2.45) is 0 Å². The van der Waals surface area contributed by atoms with E-state index in [0.717, 1.165) is 21.9 Å². The number of rotatable bonds is 7. The molecule has 3 fully saturated rings. The van der Waals surface area contributed by atoms with Gasteiger partial charge in [0.15, 0.2) is 5.13 Å². The van der Waals surface area contributed by atoms with Gasteiger partial charge in [0.2, 0.25) is 17.6 Å². The normalized spacial score (nSPS) is 17.6. The van der Waals surface area contributed by atoms with E-state index in [1.54, 1.807) is 27.0 Å². The molecule has 22 heteroatoms. The lowest BCUT2D eigenvalue weighted by atomic mass is 10.2. The molecule has 53 heavy (non-hydrogen) atoms. The number of fused-ring (bicyclic) bond motifs is 2. The zero-order valence-corrected chi connectivity index (χ0v) is 28.7. The zero-order valence-electron chi connectivity index (χ0n) is 27.9. The number of nitrogens with one attached hydrogen (secondary N) is 2. The van der Waals surface area contributed by atoms with E-state index >= 15 is 0 Å². The average Bonchev–Trinajstić information content (AvgIpc) is 3.90. The van der Waals surface area contributed by atoms with Crippen molar-refractivity contribution in [2.75, 3.05) is 72.9 Å². The van der Waals surface area contributed by atoms with Crippen molar-refractivity contribution in [1.29, 1.82) is 0 Å². The molecule has 4 amide bonds. The number of hydrogen-bond donors (Lipinski definition) is 2. The molecule has 0 saturated carbocycles. The molecule has 2 N–H and O–H groups in total. The molecule has 0 radical (unpaired) electrons. The molecular formula is C31H31F4N11O6S. The van der Waals surface area contributed by atoms with E-state index in [4.69, 9.17) is 4.74 Å². The van der Waals surface area contributed by atoms with E-state index in [9.17, 15) is 41.5 Å². The maximum atomic E-state index is 14.7. The smallest absolute Gasteiger partial charge is 0.416 e. The van der Waals surface area contributed by atoms with Crippen LogP contribution in [0.5, 0.6) is 0 Å². The molecule has 280 valence electrons. The second-order valence-corrected chi connectivity index (χ2v) is 13.2. The van der Waals surface area contributed by atoms with Gasteiger partial charge in [-0.05, 0) is 24.6 Å². The van der Waals surface area contributed by atoms with Crippen molar-refractivity contribution in [3.05, 3.63) is 57.2 Å². The van der Waals surface area contributed by atoms with Gasteiger partial charge in [0, 0.05) is 57.4 Å². The SMILES string of the molecule is CCc1c(N2CCN(C(=O)C(=O)Nc3nccs3)CC2)c(=O)n2nc(N3CCN4C(=O)OC[C@H]4C3)nc2n1CC(=O)Nc1ccc(C(F)(F)F)cc1F. The predicted octanol–water partition coefficient (Wildman–Crippen LogP) is 1.63. The molecule has 7 rings (SSSR count). The summed E-state index contributed by atoms with van der Waals surface area (Å²) in [6.07, 6.45) is -3.53. The van der Waals surface area contributed by atoms with Crippen LogP contribution in [0.4, 0.5) is 44.8 Å². The van der Waals surface area contributed by atoms with Crippen molar-refractivity contribution in [3.63, 3.8) is 0 Å². The third kappa shape index (κ3) is 6.92. The number of anilines is 4. The summed E-state index contributed by atoms with van der Waals surface area (Å²) in [6, 6.07) is 1.47. The fourth-order valence-corrected chi connectivity index (χ4v) is 7.09. The molecule has 0 unspecified atom stereocenters. The fraction of sp³-hybridized carbons (Fsp3) is 0.419. The van der Waals surface area contributed by atoms with Crippen molar-refractivity contribution < 1.29 is 41.5 Å². The fourth-order valence-electron chi connectivity index (χ4n) is 6.56. The Morgan fingerprint density at radius 1 is 1.04 bits per heavy atom. The van der Waals surface area contributed by atoms with E-state index in [1.165, 1.54) is 15.7 Å². The van der Waals surface area contributed by atoms with Crippen LogP contribution in [0, 0.1) is 5.82 Å². The molecule has 0 bridgehead atoms. The van der Waals surface area contributed by atoms with E-state index < -0.39 is 59.2 Å². The standard InChI is InChI=1S/C31H31F4N11O6S/c1-2-21-23(41-6-8-42(9-7-41)26(50)24(48)38-28-36-5-12-53-28)25(49)46-29(39-27(40-46)43-10-11-44-18(14-43)16-52-30(44)51)45(21)15-22(47)37-20-4-3-17(13-19(20)32)31(33,34)35/h3-5,12-13,18H,2,6-11,14-16H2,1H3,(H,37,47)(H,36,38,48)/t18-/m1/s1. The van der Waals surface area contributed by atoms with Crippen molar-refractivity contribution in [2.45, 2.75) is 32.1 Å². The Labute approximate surface area is 300 Å². The molecular weight excluding hydrogens is 730 g/mol. The Kier molecular flexibility index (Phi) is 9.38. The maximum Gasteiger partial charge on any atom is 0.416 e. The lowest BCUT2D eigenvalue weighted by molar-refractivity contribution is -0.143. The number of amides is 4. The van der Waals surface area contributed by atoms with E-state index in [0.29, 0.717) is 31.4 Å². The van der Waals surface area contributed by atoms with E-state index in [2.05, 4.69) is 25.7 Å². The minimum atomic E-state index is -4.79. The average molecular weight is 762 g/mol. The largest absolute Gasteiger partial charge is 0.447 e. The Hall–Kier alpha value is -5.80. The number of alkyl halides is 3. The molecule has 3 aliphatic heterocycles. The van der Waals surface area contributed by atoms with Crippen LogP contribution in [0.1, 0.15) is 18.2 Å². The van der Waals surface area contributed by atoms with Gasteiger partial charge in [0.05, 0.1) is 23.0 Å². The second kappa shape index (κ2) is 14.0. The second-order valence-electron chi connectivity index (χ2n) is 12.3. The molecule has 1 atom stereocenters. The number of aromatic nitrogens is 5. The van der Waals surface area contributed by atoms with Crippen LogP contribution in [0.3, 0.4) is 0 Å². The summed E-state index contributed by atoms with van der Waals surface area (Å²) in [6.45, 7) is 2.75. The Morgan fingerprint density at radius 2 is 1.79 bits per heavy atom. The highest BCUT2D eigenvalue weighted by atomic mass is 32.1. The molecule has 17 nitrogen and oxygen atoms in total. The van der Waals surface area contributed by atoms with E-state index in [1.807, 2.05) is 0 Å². The zero-order chi connectivity index (χ0) is 37.6. The topological polar surface area (TPSA) is 180 Å². The molecule has 4 aromatic rings. The third-order valence-corrected chi connectivity index (χ3v) is 9.84. The lowest BCUT2D eigenvalue weighted by Crippen LogP contribution is -2.53. The maximum absolute atomic E-state index is 14.7. The summed E-state index contributed by atoms with van der Waals surface area (Å²) < 4.78 is 61.7. The van der Waals surface area contributed by atoms with Gasteiger partial charge in [-0.15, -0.1) is 16.4 Å². The molecule has 6 heterocycles. The molecule has 3 aromatic heterocycles. The van der Waals surface area contributed by atoms with Gasteiger partial charge >= 0.3 is 24.1 Å². The Morgan fingerprint density at radius 3 is 2.47 bits per heavy atom. The molecule has 0 spiro atoms. The first-order valence-electron chi connectivity index (χ1n) is 16.4. The number of hydrogen-bond acceptors (Lipinski definition) is 12. The Bertz CT molecular complexity index is 2150. The summed E-state index contributed by atoms with van der Waals surface area (Å²) in [5.74, 6) is -3.62. The van der Waals surface area contributed by atoms with Crippen molar-refractivity contribution in [1.82, 2.24) is 33.9 Å². The number of cyclic esters (lactones) is 1. The van der Waals surface area contributed by atoms with Crippen LogP contribution >= 0.6 is 11.3 Å². The Balaban J connectivity index is 1.20. The van der Waals surface area contributed by atoms with Crippen LogP contribution in [0.25, 0.3) is 5.78 Å². The number of ether oxygens (including phenoxy) is 1. The van der Waals surface area contributed by atoms with Crippen LogP contribution < -0.4 is 26.0 Å². The first-order chi connectivity index (χ1) is 25.3. The number of piperazine rings is 2. The molecule has 3 aliphatic rings. The van der Waals surface area contributed by atoms with Gasteiger partial charge in [-0.1, -0.05) is 6.92 Å². The van der Waals surface area contributed by atoms with Gasteiger partial charge in [-0.3, -0.25) is 29.4 Å². The summed E-state index contributed by atoms with van der Waals surface area (Å²) in [5, 5.41) is 11.2. The number of thiazole rings is 1. The number of nitrogens with zero attached hydrogens (tertiary/aromatic N) is 9. The molecule has 0 aliphatic carbocycles. The van der Waals surface area contributed by atoms with Gasteiger partial charge in [0.1, 0.15) is 24.7 Å². The van der Waals surface area contributed by atoms with Gasteiger partial charge in [-0.25, -0.2) is 14.2 Å². The predicted molar refractivity (Wildman–Crippen MR) is 180 cm³/mol. The number of carbonyl (C=O) groups excluding carboxylic acids is 4. The lowest BCUT2D eigenvalue weighted by Gasteiger charge is -2.36.